The number of carbonyl (C=O) groups is 1. The van der Waals surface area contributed by atoms with Gasteiger partial charge >= 0.3 is 0 Å². The lowest BCUT2D eigenvalue weighted by molar-refractivity contribution is -0.123. The number of carbonyl (C=O) groups excluding carboxylic acids is 1. The van der Waals surface area contributed by atoms with Crippen LogP contribution in [0.25, 0.3) is 0 Å². The van der Waals surface area contributed by atoms with Crippen LogP contribution >= 0.6 is 0 Å². The highest BCUT2D eigenvalue weighted by Gasteiger charge is 2.23. The zero-order valence-electron chi connectivity index (χ0n) is 6.28. The second-order valence-corrected chi connectivity index (χ2v) is 3.87. The van der Waals surface area contributed by atoms with E-state index in [1.165, 1.54) is 0 Å². The molecule has 0 aliphatic heterocycles. The van der Waals surface area contributed by atoms with Crippen LogP contribution in [0.3, 0.4) is 0 Å². The topological polar surface area (TPSA) is 54.4 Å². The summed E-state index contributed by atoms with van der Waals surface area (Å²) in [5, 5.41) is 0. The van der Waals surface area contributed by atoms with Gasteiger partial charge in [0.1, 0.15) is 5.78 Å². The van der Waals surface area contributed by atoms with Crippen molar-refractivity contribution in [2.24, 2.45) is 5.92 Å². The molecule has 4 heteroatoms. The predicted octanol–water partition coefficient (Wildman–Crippen LogP) is 0.967. The Kier molecular flexibility index (Phi) is 3.20. The summed E-state index contributed by atoms with van der Waals surface area (Å²) in [6, 6.07) is 0. The highest BCUT2D eigenvalue weighted by molar-refractivity contribution is 7.79. The van der Waals surface area contributed by atoms with Crippen LogP contribution in [0.4, 0.5) is 0 Å². The lowest BCUT2D eigenvalue weighted by atomic mass is 9.89. The molecule has 1 aliphatic rings. The summed E-state index contributed by atoms with van der Waals surface area (Å²) in [6.07, 6.45) is 3.37. The van der Waals surface area contributed by atoms with E-state index in [2.05, 4.69) is 0 Å². The summed E-state index contributed by atoms with van der Waals surface area (Å²) in [5.41, 5.74) is 0. The van der Waals surface area contributed by atoms with Crippen molar-refractivity contribution < 1.29 is 13.6 Å². The van der Waals surface area contributed by atoms with Crippen LogP contribution in [0.1, 0.15) is 25.7 Å². The van der Waals surface area contributed by atoms with Crippen LogP contribution in [-0.4, -0.2) is 20.3 Å². The van der Waals surface area contributed by atoms with Crippen LogP contribution in [-0.2, 0) is 15.9 Å². The summed E-state index contributed by atoms with van der Waals surface area (Å²) in [6.45, 7) is 0. The minimum Gasteiger partial charge on any atom is -0.306 e. The Balaban J connectivity index is 2.42. The molecule has 0 spiro atoms. The first-order valence-corrected chi connectivity index (χ1v) is 5.08. The maximum absolute atomic E-state index is 11.1. The molecule has 1 N–H and O–H groups in total. The van der Waals surface area contributed by atoms with Crippen LogP contribution in [0, 0.1) is 5.92 Å². The van der Waals surface area contributed by atoms with E-state index in [0.29, 0.717) is 6.42 Å². The molecule has 0 saturated heterocycles. The molecule has 2 atom stereocenters. The molecule has 1 saturated carbocycles. The molecule has 0 aromatic heterocycles. The van der Waals surface area contributed by atoms with Crippen molar-refractivity contribution in [3.8, 4) is 0 Å². The smallest absolute Gasteiger partial charge is 0.153 e. The maximum Gasteiger partial charge on any atom is 0.153 e. The third-order valence-corrected chi connectivity index (χ3v) is 2.71. The zero-order valence-corrected chi connectivity index (χ0v) is 7.10. The van der Waals surface area contributed by atoms with E-state index in [0.717, 1.165) is 19.3 Å². The summed E-state index contributed by atoms with van der Waals surface area (Å²) in [7, 11) is 0. The monoisotopic (exact) mass is 176 g/mol. The first kappa shape index (κ1) is 8.87. The molecule has 11 heavy (non-hydrogen) atoms. The Morgan fingerprint density at radius 2 is 2.27 bits per heavy atom. The minimum atomic E-state index is -1.80. The highest BCUT2D eigenvalue weighted by Crippen LogP contribution is 2.20. The van der Waals surface area contributed by atoms with Crippen molar-refractivity contribution >= 4 is 16.9 Å². The number of ketones is 1. The van der Waals surface area contributed by atoms with Crippen molar-refractivity contribution in [1.82, 2.24) is 0 Å². The van der Waals surface area contributed by atoms with Gasteiger partial charge in [-0.1, -0.05) is 6.42 Å². The Hall–Kier alpha value is -0.220. The van der Waals surface area contributed by atoms with Crippen molar-refractivity contribution in [1.29, 1.82) is 0 Å². The molecule has 0 radical (unpaired) electrons. The largest absolute Gasteiger partial charge is 0.306 e. The molecule has 1 rings (SSSR count). The van der Waals surface area contributed by atoms with Gasteiger partial charge in [-0.3, -0.25) is 4.79 Å². The molecule has 0 amide bonds. The number of hydrogen-bond donors (Lipinski definition) is 1. The van der Waals surface area contributed by atoms with E-state index in [4.69, 9.17) is 4.55 Å². The predicted molar refractivity (Wildman–Crippen MR) is 42.6 cm³/mol. The normalized spacial score (nSPS) is 28.5. The molecule has 0 aromatic rings. The highest BCUT2D eigenvalue weighted by atomic mass is 32.2. The van der Waals surface area contributed by atoms with E-state index in [9.17, 15) is 9.00 Å². The molecular weight excluding hydrogens is 164 g/mol. The summed E-state index contributed by atoms with van der Waals surface area (Å²) >= 11 is -1.80. The van der Waals surface area contributed by atoms with Crippen LogP contribution < -0.4 is 0 Å². The standard InChI is InChI=1S/C7H12O3S/c8-7-4-2-1-3-6(7)5-11(9)10/h6H,1-5H2,(H,9,10). The Bertz CT molecular complexity index is 179. The summed E-state index contributed by atoms with van der Waals surface area (Å²) in [4.78, 5) is 11.1. The molecule has 3 nitrogen and oxygen atoms in total. The van der Waals surface area contributed by atoms with E-state index in [1.54, 1.807) is 0 Å². The fraction of sp³-hybridized carbons (Fsp3) is 0.857. The zero-order chi connectivity index (χ0) is 8.27. The van der Waals surface area contributed by atoms with Crippen molar-refractivity contribution in [3.05, 3.63) is 0 Å². The van der Waals surface area contributed by atoms with Gasteiger partial charge in [-0.05, 0) is 12.8 Å². The van der Waals surface area contributed by atoms with E-state index < -0.39 is 11.1 Å². The third kappa shape index (κ3) is 2.71. The maximum atomic E-state index is 11.1. The van der Waals surface area contributed by atoms with E-state index in [1.807, 2.05) is 0 Å². The van der Waals surface area contributed by atoms with Crippen LogP contribution in [0.2, 0.25) is 0 Å². The van der Waals surface area contributed by atoms with Gasteiger partial charge < -0.3 is 4.55 Å². The average Bonchev–Trinajstić information content (AvgIpc) is 1.93. The van der Waals surface area contributed by atoms with Crippen molar-refractivity contribution in [3.63, 3.8) is 0 Å². The van der Waals surface area contributed by atoms with Crippen molar-refractivity contribution in [2.75, 3.05) is 5.75 Å². The molecule has 1 fully saturated rings. The van der Waals surface area contributed by atoms with E-state index >= 15 is 0 Å². The van der Waals surface area contributed by atoms with Crippen LogP contribution in [0.15, 0.2) is 0 Å². The molecule has 64 valence electrons. The van der Waals surface area contributed by atoms with Gasteiger partial charge in [0.15, 0.2) is 11.1 Å². The molecule has 0 aromatic carbocycles. The first-order chi connectivity index (χ1) is 5.20. The SMILES string of the molecule is O=C1CCCCC1CS(=O)O. The Morgan fingerprint density at radius 3 is 2.82 bits per heavy atom. The first-order valence-electron chi connectivity index (χ1n) is 3.80. The van der Waals surface area contributed by atoms with Gasteiger partial charge in [0.25, 0.3) is 0 Å². The molecular formula is C7H12O3S. The fourth-order valence-electron chi connectivity index (χ4n) is 1.40. The van der Waals surface area contributed by atoms with E-state index in [-0.39, 0.29) is 17.5 Å². The van der Waals surface area contributed by atoms with Gasteiger partial charge in [-0.15, -0.1) is 0 Å². The minimum absolute atomic E-state index is 0.138. The third-order valence-electron chi connectivity index (χ3n) is 2.02. The Labute approximate surface area is 68.5 Å². The lowest BCUT2D eigenvalue weighted by Gasteiger charge is -2.18. The van der Waals surface area contributed by atoms with Gasteiger partial charge in [-0.2, -0.15) is 0 Å². The number of hydrogen-bond acceptors (Lipinski definition) is 2. The summed E-state index contributed by atoms with van der Waals surface area (Å²) in [5.74, 6) is 0.159. The second kappa shape index (κ2) is 3.97. The molecule has 0 heterocycles. The average molecular weight is 176 g/mol. The lowest BCUT2D eigenvalue weighted by Crippen LogP contribution is -2.24. The quantitative estimate of drug-likeness (QED) is 0.638. The fourth-order valence-corrected chi connectivity index (χ4v) is 2.10. The molecule has 1 aliphatic carbocycles. The second-order valence-electron chi connectivity index (χ2n) is 2.90. The Morgan fingerprint density at radius 1 is 1.55 bits per heavy atom. The van der Waals surface area contributed by atoms with Crippen molar-refractivity contribution in [2.45, 2.75) is 25.7 Å². The van der Waals surface area contributed by atoms with Gasteiger partial charge in [0.2, 0.25) is 0 Å². The van der Waals surface area contributed by atoms with Gasteiger partial charge in [0, 0.05) is 12.3 Å². The number of Topliss-reactive ketones (excluding diaryl/α,β-unsaturated/α-hetero) is 1. The number of rotatable bonds is 2. The molecule has 0 bridgehead atoms. The summed E-state index contributed by atoms with van der Waals surface area (Å²) < 4.78 is 18.9. The van der Waals surface area contributed by atoms with Gasteiger partial charge in [0.05, 0.1) is 5.75 Å². The van der Waals surface area contributed by atoms with Crippen LogP contribution in [0.5, 0.6) is 0 Å². The van der Waals surface area contributed by atoms with Gasteiger partial charge in [-0.25, -0.2) is 4.21 Å². The molecule has 2 unspecified atom stereocenters.